The van der Waals surface area contributed by atoms with Gasteiger partial charge in [0.2, 0.25) is 0 Å². The molecule has 1 rings (SSSR count). The van der Waals surface area contributed by atoms with Crippen molar-refractivity contribution in [2.24, 2.45) is 5.73 Å². The van der Waals surface area contributed by atoms with Crippen LogP contribution in [-0.4, -0.2) is 26.8 Å². The Labute approximate surface area is 100 Å². The zero-order valence-electron chi connectivity index (χ0n) is 10.3. The Hall–Kier alpha value is -1.20. The lowest BCUT2D eigenvalue weighted by atomic mass is 10.1. The van der Waals surface area contributed by atoms with Crippen molar-refractivity contribution in [3.63, 3.8) is 0 Å². The minimum absolute atomic E-state index is 0.0493. The summed E-state index contributed by atoms with van der Waals surface area (Å²) in [5.74, 6) is -1.20. The van der Waals surface area contributed by atoms with Gasteiger partial charge in [-0.3, -0.25) is 0 Å². The highest BCUT2D eigenvalue weighted by Crippen LogP contribution is 2.25. The molecule has 0 spiro atoms. The van der Waals surface area contributed by atoms with Crippen molar-refractivity contribution in [1.82, 2.24) is 0 Å². The second-order valence-electron chi connectivity index (χ2n) is 4.03. The van der Waals surface area contributed by atoms with Crippen molar-refractivity contribution in [3.05, 3.63) is 29.3 Å². The highest BCUT2D eigenvalue weighted by Gasteiger charge is 2.19. The van der Waals surface area contributed by atoms with Gasteiger partial charge in [0.05, 0.1) is 6.61 Å². The maximum atomic E-state index is 13.8. The first-order valence-corrected chi connectivity index (χ1v) is 5.41. The fourth-order valence-corrected chi connectivity index (χ4v) is 1.65. The number of benzene rings is 1. The molecule has 0 aliphatic heterocycles. The van der Waals surface area contributed by atoms with E-state index >= 15 is 0 Å². The molecule has 2 N–H and O–H groups in total. The van der Waals surface area contributed by atoms with Crippen molar-refractivity contribution in [3.8, 4) is 0 Å². The van der Waals surface area contributed by atoms with E-state index in [0.29, 0.717) is 12.2 Å². The highest BCUT2D eigenvalue weighted by atomic mass is 19.1. The summed E-state index contributed by atoms with van der Waals surface area (Å²) in [6.45, 7) is 2.35. The molecule has 1 unspecified atom stereocenters. The second kappa shape index (κ2) is 5.93. The summed E-state index contributed by atoms with van der Waals surface area (Å²) in [7, 11) is 3.18. The zero-order valence-corrected chi connectivity index (χ0v) is 10.3. The third kappa shape index (κ3) is 3.14. The first-order valence-electron chi connectivity index (χ1n) is 5.41. The fourth-order valence-electron chi connectivity index (χ4n) is 1.65. The second-order valence-corrected chi connectivity index (χ2v) is 4.03. The number of hydrogen-bond acceptors (Lipinski definition) is 3. The summed E-state index contributed by atoms with van der Waals surface area (Å²) in [5, 5.41) is 0. The van der Waals surface area contributed by atoms with Crippen LogP contribution in [0.4, 0.5) is 14.5 Å². The first kappa shape index (κ1) is 13.9. The number of nitrogens with two attached hydrogens (primary N) is 1. The molecule has 0 amide bonds. The SMILES string of the molecule is COCC(C)N(C)c1c(F)cc(CN)cc1F. The number of anilines is 1. The van der Waals surface area contributed by atoms with Gasteiger partial charge in [-0.25, -0.2) is 8.78 Å². The van der Waals surface area contributed by atoms with Gasteiger partial charge in [0.25, 0.3) is 0 Å². The maximum Gasteiger partial charge on any atom is 0.149 e. The summed E-state index contributed by atoms with van der Waals surface area (Å²) in [6.07, 6.45) is 0. The molecule has 0 radical (unpaired) electrons. The molecule has 1 atom stereocenters. The van der Waals surface area contributed by atoms with Crippen LogP contribution in [0.2, 0.25) is 0 Å². The van der Waals surface area contributed by atoms with E-state index in [2.05, 4.69) is 0 Å². The standard InChI is InChI=1S/C12H18F2N2O/c1-8(7-17-3)16(2)12-10(13)4-9(6-15)5-11(12)14/h4-5,8H,6-7,15H2,1-3H3. The van der Waals surface area contributed by atoms with Gasteiger partial charge >= 0.3 is 0 Å². The van der Waals surface area contributed by atoms with Crippen molar-refractivity contribution < 1.29 is 13.5 Å². The molecule has 0 aliphatic rings. The molecule has 0 aliphatic carbocycles. The molecule has 0 aromatic heterocycles. The largest absolute Gasteiger partial charge is 0.383 e. The smallest absolute Gasteiger partial charge is 0.149 e. The van der Waals surface area contributed by atoms with Gasteiger partial charge in [0, 0.05) is 26.7 Å². The third-order valence-electron chi connectivity index (χ3n) is 2.73. The third-order valence-corrected chi connectivity index (χ3v) is 2.73. The molecule has 96 valence electrons. The molecule has 17 heavy (non-hydrogen) atoms. The number of rotatable bonds is 5. The number of nitrogens with zero attached hydrogens (tertiary/aromatic N) is 1. The van der Waals surface area contributed by atoms with Gasteiger partial charge in [-0.05, 0) is 24.6 Å². The minimum atomic E-state index is -0.601. The summed E-state index contributed by atoms with van der Waals surface area (Å²) in [6, 6.07) is 2.40. The topological polar surface area (TPSA) is 38.5 Å². The molecule has 3 nitrogen and oxygen atoms in total. The van der Waals surface area contributed by atoms with Gasteiger partial charge in [0.1, 0.15) is 17.3 Å². The highest BCUT2D eigenvalue weighted by molar-refractivity contribution is 5.50. The van der Waals surface area contributed by atoms with E-state index in [-0.39, 0.29) is 18.3 Å². The monoisotopic (exact) mass is 244 g/mol. The molecule has 0 saturated carbocycles. The predicted octanol–water partition coefficient (Wildman–Crippen LogP) is 1.89. The number of methoxy groups -OCH3 is 1. The molecular formula is C12H18F2N2O. The maximum absolute atomic E-state index is 13.8. The van der Waals surface area contributed by atoms with E-state index in [1.807, 2.05) is 6.92 Å². The van der Waals surface area contributed by atoms with E-state index in [1.165, 1.54) is 17.0 Å². The number of hydrogen-bond donors (Lipinski definition) is 1. The van der Waals surface area contributed by atoms with E-state index in [4.69, 9.17) is 10.5 Å². The Bertz CT molecular complexity index is 362. The van der Waals surface area contributed by atoms with Crippen LogP contribution in [0.25, 0.3) is 0 Å². The Morgan fingerprint density at radius 2 is 1.88 bits per heavy atom. The average molecular weight is 244 g/mol. The Kier molecular flexibility index (Phi) is 4.84. The van der Waals surface area contributed by atoms with Crippen LogP contribution in [0, 0.1) is 11.6 Å². The molecular weight excluding hydrogens is 226 g/mol. The van der Waals surface area contributed by atoms with Crippen molar-refractivity contribution in [1.29, 1.82) is 0 Å². The quantitative estimate of drug-likeness (QED) is 0.859. The van der Waals surface area contributed by atoms with E-state index in [1.54, 1.807) is 14.2 Å². The molecule has 1 aromatic carbocycles. The van der Waals surface area contributed by atoms with Gasteiger partial charge in [-0.1, -0.05) is 0 Å². The first-order chi connectivity index (χ1) is 8.01. The predicted molar refractivity (Wildman–Crippen MR) is 64.0 cm³/mol. The van der Waals surface area contributed by atoms with Gasteiger partial charge < -0.3 is 15.4 Å². The van der Waals surface area contributed by atoms with Crippen molar-refractivity contribution >= 4 is 5.69 Å². The molecule has 0 heterocycles. The van der Waals surface area contributed by atoms with Gasteiger partial charge in [0.15, 0.2) is 0 Å². The molecule has 0 saturated heterocycles. The number of likely N-dealkylation sites (N-methyl/N-ethyl adjacent to an activating group) is 1. The van der Waals surface area contributed by atoms with Crippen LogP contribution in [0.5, 0.6) is 0 Å². The van der Waals surface area contributed by atoms with Crippen LogP contribution in [0.15, 0.2) is 12.1 Å². The van der Waals surface area contributed by atoms with Crippen molar-refractivity contribution in [2.45, 2.75) is 19.5 Å². The van der Waals surface area contributed by atoms with Crippen LogP contribution in [0.1, 0.15) is 12.5 Å². The lowest BCUT2D eigenvalue weighted by molar-refractivity contribution is 0.183. The Morgan fingerprint density at radius 1 is 1.35 bits per heavy atom. The van der Waals surface area contributed by atoms with Crippen LogP contribution in [-0.2, 0) is 11.3 Å². The van der Waals surface area contributed by atoms with Gasteiger partial charge in [-0.15, -0.1) is 0 Å². The summed E-state index contributed by atoms with van der Waals surface area (Å²) in [5.41, 5.74) is 5.75. The Balaban J connectivity index is 3.05. The van der Waals surface area contributed by atoms with E-state index in [9.17, 15) is 8.78 Å². The van der Waals surface area contributed by atoms with Crippen molar-refractivity contribution in [2.75, 3.05) is 25.7 Å². The van der Waals surface area contributed by atoms with E-state index < -0.39 is 11.6 Å². The lowest BCUT2D eigenvalue weighted by Crippen LogP contribution is -2.34. The molecule has 5 heteroatoms. The van der Waals surface area contributed by atoms with Gasteiger partial charge in [-0.2, -0.15) is 0 Å². The number of ether oxygens (including phenoxy) is 1. The average Bonchev–Trinajstić information content (AvgIpc) is 2.28. The fraction of sp³-hybridized carbons (Fsp3) is 0.500. The van der Waals surface area contributed by atoms with Crippen LogP contribution < -0.4 is 10.6 Å². The number of halogens is 2. The van der Waals surface area contributed by atoms with Crippen LogP contribution >= 0.6 is 0 Å². The lowest BCUT2D eigenvalue weighted by Gasteiger charge is -2.27. The summed E-state index contributed by atoms with van der Waals surface area (Å²) in [4.78, 5) is 1.52. The summed E-state index contributed by atoms with van der Waals surface area (Å²) >= 11 is 0. The molecule has 0 fully saturated rings. The minimum Gasteiger partial charge on any atom is -0.383 e. The molecule has 1 aromatic rings. The Morgan fingerprint density at radius 3 is 2.29 bits per heavy atom. The zero-order chi connectivity index (χ0) is 13.0. The normalized spacial score (nSPS) is 12.6. The molecule has 0 bridgehead atoms. The van der Waals surface area contributed by atoms with E-state index in [0.717, 1.165) is 0 Å². The summed E-state index contributed by atoms with van der Waals surface area (Å²) < 4.78 is 32.5. The van der Waals surface area contributed by atoms with Crippen LogP contribution in [0.3, 0.4) is 0 Å².